The second-order valence-corrected chi connectivity index (χ2v) is 8.81. The van der Waals surface area contributed by atoms with Gasteiger partial charge in [0.25, 0.3) is 5.69 Å². The maximum Gasteiger partial charge on any atom is 0.293 e. The number of ether oxygens (including phenoxy) is 1. The molecule has 0 spiro atoms. The lowest BCUT2D eigenvalue weighted by Crippen LogP contribution is -2.45. The summed E-state index contributed by atoms with van der Waals surface area (Å²) in [5, 5.41) is 11.5. The molecule has 8 nitrogen and oxygen atoms in total. The average molecular weight is 391 g/mol. The van der Waals surface area contributed by atoms with Crippen LogP contribution in [0.5, 0.6) is 5.75 Å². The first-order valence-corrected chi connectivity index (χ1v) is 9.83. The first kappa shape index (κ1) is 19.1. The standard InChI is InChI=1S/C18H21N3O5S/c1-18(2)12-20(3)14-10-17(15(21(22)23)9-16(14)26-18)27(24,25)19-11-13-7-5-4-6-8-13/h4-10,19H,11-12H2,1-3H3. The molecule has 0 atom stereocenters. The Balaban J connectivity index is 2.01. The van der Waals surface area contributed by atoms with Gasteiger partial charge in [0.05, 0.1) is 23.2 Å². The summed E-state index contributed by atoms with van der Waals surface area (Å²) in [5.74, 6) is 0.294. The molecule has 0 saturated carbocycles. The molecule has 0 saturated heterocycles. The lowest BCUT2D eigenvalue weighted by molar-refractivity contribution is -0.387. The molecule has 0 aliphatic carbocycles. The number of nitrogens with zero attached hydrogens (tertiary/aromatic N) is 2. The van der Waals surface area contributed by atoms with Gasteiger partial charge in [-0.3, -0.25) is 10.1 Å². The third-order valence-electron chi connectivity index (χ3n) is 4.25. The minimum absolute atomic E-state index is 0.0385. The quantitative estimate of drug-likeness (QED) is 0.621. The minimum Gasteiger partial charge on any atom is -0.484 e. The summed E-state index contributed by atoms with van der Waals surface area (Å²) < 4.78 is 33.8. The fraction of sp³-hybridized carbons (Fsp3) is 0.333. The predicted molar refractivity (Wildman–Crippen MR) is 102 cm³/mol. The van der Waals surface area contributed by atoms with Crippen molar-refractivity contribution in [1.82, 2.24) is 4.72 Å². The average Bonchev–Trinajstić information content (AvgIpc) is 2.59. The number of nitro benzene ring substituents is 1. The molecule has 0 bridgehead atoms. The predicted octanol–water partition coefficient (Wildman–Crippen LogP) is 2.68. The van der Waals surface area contributed by atoms with Crippen molar-refractivity contribution in [3.63, 3.8) is 0 Å². The molecule has 0 aromatic heterocycles. The third-order valence-corrected chi connectivity index (χ3v) is 5.68. The van der Waals surface area contributed by atoms with Crippen molar-refractivity contribution in [1.29, 1.82) is 0 Å². The van der Waals surface area contributed by atoms with E-state index in [1.807, 2.05) is 24.8 Å². The van der Waals surface area contributed by atoms with E-state index in [1.54, 1.807) is 31.3 Å². The fourth-order valence-corrected chi connectivity index (χ4v) is 4.30. The number of hydrogen-bond acceptors (Lipinski definition) is 6. The van der Waals surface area contributed by atoms with Crippen LogP contribution < -0.4 is 14.4 Å². The van der Waals surface area contributed by atoms with Crippen molar-refractivity contribution in [2.24, 2.45) is 0 Å². The van der Waals surface area contributed by atoms with Crippen LogP contribution in [0.4, 0.5) is 11.4 Å². The lowest BCUT2D eigenvalue weighted by Gasteiger charge is -2.39. The summed E-state index contributed by atoms with van der Waals surface area (Å²) in [6.45, 7) is 4.29. The SMILES string of the molecule is CN1CC(C)(C)Oc2cc([N+](=O)[O-])c(S(=O)(=O)NCc3ccccc3)cc21. The molecule has 2 aromatic rings. The van der Waals surface area contributed by atoms with Crippen LogP contribution in [0, 0.1) is 10.1 Å². The van der Waals surface area contributed by atoms with E-state index in [4.69, 9.17) is 4.74 Å². The third kappa shape index (κ3) is 4.04. The molecule has 1 N–H and O–H groups in total. The molecule has 27 heavy (non-hydrogen) atoms. The van der Waals surface area contributed by atoms with E-state index in [0.717, 1.165) is 5.56 Å². The number of hydrogen-bond donors (Lipinski definition) is 1. The number of rotatable bonds is 5. The molecule has 2 aromatic carbocycles. The fourth-order valence-electron chi connectivity index (χ4n) is 3.11. The van der Waals surface area contributed by atoms with Crippen molar-refractivity contribution in [3.8, 4) is 5.75 Å². The van der Waals surface area contributed by atoms with Crippen LogP contribution in [0.15, 0.2) is 47.4 Å². The highest BCUT2D eigenvalue weighted by molar-refractivity contribution is 7.89. The summed E-state index contributed by atoms with van der Waals surface area (Å²) in [6, 6.07) is 11.4. The van der Waals surface area contributed by atoms with Crippen LogP contribution in [0.2, 0.25) is 0 Å². The molecule has 0 amide bonds. The van der Waals surface area contributed by atoms with Crippen molar-refractivity contribution in [3.05, 3.63) is 58.1 Å². The number of nitro groups is 1. The van der Waals surface area contributed by atoms with Crippen LogP contribution in [0.1, 0.15) is 19.4 Å². The normalized spacial score (nSPS) is 15.7. The Kier molecular flexibility index (Phi) is 4.83. The maximum absolute atomic E-state index is 12.8. The summed E-state index contributed by atoms with van der Waals surface area (Å²) in [5.41, 5.74) is 0.200. The molecule has 1 aliphatic rings. The van der Waals surface area contributed by atoms with E-state index in [9.17, 15) is 18.5 Å². The van der Waals surface area contributed by atoms with Gasteiger partial charge in [-0.15, -0.1) is 0 Å². The summed E-state index contributed by atoms with van der Waals surface area (Å²) in [6.07, 6.45) is 0. The monoisotopic (exact) mass is 391 g/mol. The molecule has 1 heterocycles. The van der Waals surface area contributed by atoms with E-state index < -0.39 is 26.2 Å². The molecule has 0 fully saturated rings. The van der Waals surface area contributed by atoms with Gasteiger partial charge in [-0.2, -0.15) is 0 Å². The molecule has 1 aliphatic heterocycles. The zero-order chi connectivity index (χ0) is 19.8. The van der Waals surface area contributed by atoms with E-state index in [2.05, 4.69) is 4.72 Å². The Hall–Kier alpha value is -2.65. The molecule has 144 valence electrons. The van der Waals surface area contributed by atoms with Gasteiger partial charge in [0.2, 0.25) is 10.0 Å². The molecular formula is C18H21N3O5S. The highest BCUT2D eigenvalue weighted by atomic mass is 32.2. The van der Waals surface area contributed by atoms with E-state index >= 15 is 0 Å². The van der Waals surface area contributed by atoms with Crippen molar-refractivity contribution in [2.45, 2.75) is 30.9 Å². The first-order valence-electron chi connectivity index (χ1n) is 8.35. The first-order chi connectivity index (χ1) is 12.6. The Labute approximate surface area is 158 Å². The highest BCUT2D eigenvalue weighted by Crippen LogP contribution is 2.41. The second kappa shape index (κ2) is 6.82. The zero-order valence-corrected chi connectivity index (χ0v) is 16.1. The van der Waals surface area contributed by atoms with Crippen LogP contribution in [0.3, 0.4) is 0 Å². The molecule has 0 unspecified atom stereocenters. The molecule has 9 heteroatoms. The highest BCUT2D eigenvalue weighted by Gasteiger charge is 2.35. The zero-order valence-electron chi connectivity index (χ0n) is 15.3. The van der Waals surface area contributed by atoms with Gasteiger partial charge in [-0.1, -0.05) is 30.3 Å². The van der Waals surface area contributed by atoms with Crippen LogP contribution in [-0.4, -0.2) is 32.5 Å². The van der Waals surface area contributed by atoms with Gasteiger partial charge in [-0.05, 0) is 25.5 Å². The number of nitrogens with one attached hydrogen (secondary N) is 1. The lowest BCUT2D eigenvalue weighted by atomic mass is 10.1. The number of anilines is 1. The van der Waals surface area contributed by atoms with E-state index in [0.29, 0.717) is 18.0 Å². The van der Waals surface area contributed by atoms with E-state index in [1.165, 1.54) is 12.1 Å². The van der Waals surface area contributed by atoms with Gasteiger partial charge in [0, 0.05) is 13.6 Å². The van der Waals surface area contributed by atoms with Crippen LogP contribution in [-0.2, 0) is 16.6 Å². The smallest absolute Gasteiger partial charge is 0.293 e. The van der Waals surface area contributed by atoms with Crippen LogP contribution in [0.25, 0.3) is 0 Å². The van der Waals surface area contributed by atoms with Gasteiger partial charge in [0.15, 0.2) is 4.90 Å². The van der Waals surface area contributed by atoms with Gasteiger partial charge < -0.3 is 9.64 Å². The van der Waals surface area contributed by atoms with Crippen molar-refractivity contribution >= 4 is 21.4 Å². The van der Waals surface area contributed by atoms with Gasteiger partial charge in [-0.25, -0.2) is 13.1 Å². The summed E-state index contributed by atoms with van der Waals surface area (Å²) >= 11 is 0. The van der Waals surface area contributed by atoms with E-state index in [-0.39, 0.29) is 11.4 Å². The Bertz CT molecular complexity index is 974. The molecular weight excluding hydrogens is 370 g/mol. The minimum atomic E-state index is -4.09. The van der Waals surface area contributed by atoms with Crippen LogP contribution >= 0.6 is 0 Å². The number of benzene rings is 2. The summed E-state index contributed by atoms with van der Waals surface area (Å²) in [7, 11) is -2.30. The molecule has 3 rings (SSSR count). The number of sulfonamides is 1. The topological polar surface area (TPSA) is 102 Å². The van der Waals surface area contributed by atoms with Gasteiger partial charge >= 0.3 is 0 Å². The number of fused-ring (bicyclic) bond motifs is 1. The Morgan fingerprint density at radius 3 is 2.56 bits per heavy atom. The maximum atomic E-state index is 12.8. The number of likely N-dealkylation sites (N-methyl/N-ethyl adjacent to an activating group) is 1. The Morgan fingerprint density at radius 2 is 1.93 bits per heavy atom. The van der Waals surface area contributed by atoms with Crippen molar-refractivity contribution < 1.29 is 18.1 Å². The van der Waals surface area contributed by atoms with Crippen molar-refractivity contribution in [2.75, 3.05) is 18.5 Å². The largest absolute Gasteiger partial charge is 0.484 e. The molecule has 0 radical (unpaired) electrons. The Morgan fingerprint density at radius 1 is 1.26 bits per heavy atom. The second-order valence-electron chi connectivity index (χ2n) is 7.07. The van der Waals surface area contributed by atoms with Gasteiger partial charge in [0.1, 0.15) is 11.4 Å². The summed E-state index contributed by atoms with van der Waals surface area (Å²) in [4.78, 5) is 12.3.